The number of amides is 1. The lowest BCUT2D eigenvalue weighted by Gasteiger charge is -2.40. The number of allylic oxidation sites excluding steroid dienone is 1. The zero-order valence-electron chi connectivity index (χ0n) is 18.4. The molecule has 1 heterocycles. The summed E-state index contributed by atoms with van der Waals surface area (Å²) in [4.78, 5) is 14.4. The largest absolute Gasteiger partial charge is 0.497 e. The molecule has 0 atom stereocenters. The molecule has 6 nitrogen and oxygen atoms in total. The minimum Gasteiger partial charge on any atom is -0.497 e. The fraction of sp³-hybridized carbons (Fsp3) is 0.333. The number of likely N-dealkylation sites (N-methyl/N-ethyl adjacent to an activating group) is 1. The molecule has 0 unspecified atom stereocenters. The molecule has 2 aromatic carbocycles. The number of carbonyl (C=O) groups excluding carboxylic acids is 1. The van der Waals surface area contributed by atoms with E-state index in [2.05, 4.69) is 49.3 Å². The zero-order chi connectivity index (χ0) is 21.9. The maximum atomic E-state index is 12.2. The van der Waals surface area contributed by atoms with Crippen LogP contribution in [-0.4, -0.2) is 38.9 Å². The van der Waals surface area contributed by atoms with Gasteiger partial charge in [0.2, 0.25) is 5.91 Å². The number of nitrogens with one attached hydrogen (secondary N) is 1. The Kier molecular flexibility index (Phi) is 6.15. The molecular weight excluding hydrogens is 378 g/mol. The summed E-state index contributed by atoms with van der Waals surface area (Å²) in [5.74, 6) is 1.28. The number of rotatable bonds is 6. The third-order valence-corrected chi connectivity index (χ3v) is 5.49. The topological polar surface area (TPSA) is 63.2 Å². The van der Waals surface area contributed by atoms with Crippen molar-refractivity contribution in [3.05, 3.63) is 59.2 Å². The highest BCUT2D eigenvalue weighted by molar-refractivity contribution is 5.91. The van der Waals surface area contributed by atoms with E-state index in [1.165, 1.54) is 5.57 Å². The lowest BCUT2D eigenvalue weighted by atomic mass is 9.88. The minimum absolute atomic E-state index is 0.0763. The molecule has 0 aromatic heterocycles. The van der Waals surface area contributed by atoms with E-state index in [1.54, 1.807) is 20.4 Å². The molecule has 0 radical (unpaired) electrons. The van der Waals surface area contributed by atoms with Gasteiger partial charge in [0.25, 0.3) is 0 Å². The summed E-state index contributed by atoms with van der Waals surface area (Å²) in [6.45, 7) is 6.47. The van der Waals surface area contributed by atoms with Crippen LogP contribution in [0.3, 0.4) is 0 Å². The van der Waals surface area contributed by atoms with Crippen molar-refractivity contribution >= 4 is 23.4 Å². The van der Waals surface area contributed by atoms with Crippen LogP contribution in [-0.2, 0) is 11.2 Å². The Labute approximate surface area is 178 Å². The van der Waals surface area contributed by atoms with Gasteiger partial charge < -0.3 is 14.4 Å². The summed E-state index contributed by atoms with van der Waals surface area (Å²) in [6, 6.07) is 11.5. The first-order valence-corrected chi connectivity index (χ1v) is 9.85. The number of fused-ring (bicyclic) bond motifs is 1. The molecule has 1 N–H and O–H groups in total. The van der Waals surface area contributed by atoms with Crippen LogP contribution in [0, 0.1) is 0 Å². The van der Waals surface area contributed by atoms with E-state index >= 15 is 0 Å². The van der Waals surface area contributed by atoms with Crippen molar-refractivity contribution in [3.63, 3.8) is 0 Å². The first kappa shape index (κ1) is 21.4. The summed E-state index contributed by atoms with van der Waals surface area (Å²) in [5, 5.41) is 4.14. The average Bonchev–Trinajstić information content (AvgIpc) is 2.72. The monoisotopic (exact) mass is 407 g/mol. The Balaban J connectivity index is 1.75. The molecule has 0 fully saturated rings. The number of methoxy groups -OCH3 is 2. The van der Waals surface area contributed by atoms with Crippen molar-refractivity contribution in [2.75, 3.05) is 26.2 Å². The molecule has 0 spiro atoms. The van der Waals surface area contributed by atoms with E-state index in [0.717, 1.165) is 28.1 Å². The van der Waals surface area contributed by atoms with Gasteiger partial charge in [0.1, 0.15) is 11.5 Å². The Bertz CT molecular complexity index is 992. The lowest BCUT2D eigenvalue weighted by Crippen LogP contribution is -2.42. The first-order valence-electron chi connectivity index (χ1n) is 9.85. The summed E-state index contributed by atoms with van der Waals surface area (Å²) < 4.78 is 10.7. The quantitative estimate of drug-likeness (QED) is 0.580. The minimum atomic E-state index is -0.189. The maximum Gasteiger partial charge on any atom is 0.244 e. The fourth-order valence-corrected chi connectivity index (χ4v) is 3.61. The zero-order valence-corrected chi connectivity index (χ0v) is 18.4. The number of anilines is 1. The molecule has 6 heteroatoms. The van der Waals surface area contributed by atoms with Gasteiger partial charge in [-0.3, -0.25) is 4.79 Å². The van der Waals surface area contributed by atoms with Crippen molar-refractivity contribution in [3.8, 4) is 11.5 Å². The van der Waals surface area contributed by atoms with Crippen LogP contribution in [0.1, 0.15) is 37.5 Å². The fourth-order valence-electron chi connectivity index (χ4n) is 3.61. The summed E-state index contributed by atoms with van der Waals surface area (Å²) in [5.41, 5.74) is 7.65. The average molecular weight is 408 g/mol. The second-order valence-electron chi connectivity index (χ2n) is 7.97. The second kappa shape index (κ2) is 8.61. The van der Waals surface area contributed by atoms with Crippen molar-refractivity contribution in [2.24, 2.45) is 5.10 Å². The maximum absolute atomic E-state index is 12.2. The highest BCUT2D eigenvalue weighted by Crippen LogP contribution is 2.40. The molecule has 0 saturated carbocycles. The molecule has 0 saturated heterocycles. The van der Waals surface area contributed by atoms with Crippen LogP contribution in [0.25, 0.3) is 5.57 Å². The van der Waals surface area contributed by atoms with Gasteiger partial charge in [-0.2, -0.15) is 5.10 Å². The standard InChI is InChI=1S/C24H29N3O3/c1-16-14-24(2,3)27(4)21-13-22(30-6)18(12-20(16)21)15-25-26-23(28)11-17-7-9-19(29-5)10-8-17/h7-10,12-15H,11H2,1-6H3,(H,26,28)/b25-15+. The molecular formula is C24H29N3O3. The van der Waals surface area contributed by atoms with Crippen LogP contribution in [0.15, 0.2) is 47.6 Å². The van der Waals surface area contributed by atoms with Gasteiger partial charge in [-0.1, -0.05) is 18.2 Å². The normalized spacial score (nSPS) is 14.9. The van der Waals surface area contributed by atoms with Gasteiger partial charge in [-0.15, -0.1) is 0 Å². The molecule has 158 valence electrons. The third kappa shape index (κ3) is 4.48. The van der Waals surface area contributed by atoms with Crippen molar-refractivity contribution in [2.45, 2.75) is 32.7 Å². The number of hydrazone groups is 1. The van der Waals surface area contributed by atoms with Gasteiger partial charge in [-0.25, -0.2) is 5.43 Å². The molecule has 2 aromatic rings. The predicted octanol–water partition coefficient (Wildman–Crippen LogP) is 4.03. The predicted molar refractivity (Wildman–Crippen MR) is 122 cm³/mol. The molecule has 1 aliphatic heterocycles. The number of nitrogens with zero attached hydrogens (tertiary/aromatic N) is 2. The van der Waals surface area contributed by atoms with Gasteiger partial charge >= 0.3 is 0 Å². The number of hydrogen-bond donors (Lipinski definition) is 1. The summed E-state index contributed by atoms with van der Waals surface area (Å²) in [6.07, 6.45) is 4.11. The Morgan fingerprint density at radius 3 is 2.50 bits per heavy atom. The molecule has 3 rings (SSSR count). The van der Waals surface area contributed by atoms with Crippen molar-refractivity contribution in [1.29, 1.82) is 0 Å². The van der Waals surface area contributed by atoms with E-state index in [1.807, 2.05) is 36.4 Å². The highest BCUT2D eigenvalue weighted by Gasteiger charge is 2.29. The van der Waals surface area contributed by atoms with Crippen molar-refractivity contribution < 1.29 is 14.3 Å². The van der Waals surface area contributed by atoms with Crippen LogP contribution >= 0.6 is 0 Å². The van der Waals surface area contributed by atoms with Crippen molar-refractivity contribution in [1.82, 2.24) is 5.43 Å². The molecule has 0 bridgehead atoms. The highest BCUT2D eigenvalue weighted by atomic mass is 16.5. The van der Waals surface area contributed by atoms with Gasteiger partial charge in [-0.05, 0) is 50.1 Å². The van der Waals surface area contributed by atoms with Crippen LogP contribution in [0.2, 0.25) is 0 Å². The van der Waals surface area contributed by atoms with Crippen LogP contribution in [0.4, 0.5) is 5.69 Å². The third-order valence-electron chi connectivity index (χ3n) is 5.49. The van der Waals surface area contributed by atoms with Gasteiger partial charge in [0.05, 0.1) is 32.4 Å². The second-order valence-corrected chi connectivity index (χ2v) is 7.97. The van der Waals surface area contributed by atoms with E-state index in [0.29, 0.717) is 5.75 Å². The Morgan fingerprint density at radius 2 is 1.87 bits per heavy atom. The number of carbonyl (C=O) groups is 1. The lowest BCUT2D eigenvalue weighted by molar-refractivity contribution is -0.120. The Morgan fingerprint density at radius 1 is 1.17 bits per heavy atom. The summed E-state index contributed by atoms with van der Waals surface area (Å²) >= 11 is 0. The van der Waals surface area contributed by atoms with Gasteiger partial charge in [0.15, 0.2) is 0 Å². The summed E-state index contributed by atoms with van der Waals surface area (Å²) in [7, 11) is 5.33. The number of ether oxygens (including phenoxy) is 2. The van der Waals surface area contributed by atoms with Crippen LogP contribution < -0.4 is 19.8 Å². The Hall–Kier alpha value is -3.28. The smallest absolute Gasteiger partial charge is 0.244 e. The SMILES string of the molecule is COc1ccc(CC(=O)N/N=C/c2cc3c(cc2OC)N(C)C(C)(C)C=C3C)cc1. The van der Waals surface area contributed by atoms with Crippen LogP contribution in [0.5, 0.6) is 11.5 Å². The first-order chi connectivity index (χ1) is 14.2. The van der Waals surface area contributed by atoms with E-state index in [9.17, 15) is 4.79 Å². The number of benzene rings is 2. The molecule has 30 heavy (non-hydrogen) atoms. The molecule has 0 aliphatic carbocycles. The molecule has 1 aliphatic rings. The van der Waals surface area contributed by atoms with E-state index < -0.39 is 0 Å². The van der Waals surface area contributed by atoms with E-state index in [4.69, 9.17) is 9.47 Å². The van der Waals surface area contributed by atoms with Gasteiger partial charge in [0, 0.05) is 29.9 Å². The number of hydrogen-bond acceptors (Lipinski definition) is 5. The molecule has 1 amide bonds. The van der Waals surface area contributed by atoms with E-state index in [-0.39, 0.29) is 17.9 Å².